The number of nitrogens with zero attached hydrogens (tertiary/aromatic N) is 2. The van der Waals surface area contributed by atoms with E-state index in [0.29, 0.717) is 11.3 Å². The Morgan fingerprint density at radius 3 is 2.76 bits per heavy atom. The van der Waals surface area contributed by atoms with Crippen LogP contribution in [0.4, 0.5) is 0 Å². The molecule has 21 heavy (non-hydrogen) atoms. The Kier molecular flexibility index (Phi) is 4.60. The summed E-state index contributed by atoms with van der Waals surface area (Å²) >= 11 is 1.14. The molecule has 0 aliphatic heterocycles. The van der Waals surface area contributed by atoms with E-state index in [1.807, 2.05) is 13.8 Å². The SMILES string of the molecule is CC[C@H](C)NS(=O)(=O)c1cc(-c2ccc(=O)n(C)n2)cs1. The van der Waals surface area contributed by atoms with Crippen molar-refractivity contribution >= 4 is 21.4 Å². The van der Waals surface area contributed by atoms with Gasteiger partial charge in [0, 0.05) is 30.1 Å². The van der Waals surface area contributed by atoms with Crippen molar-refractivity contribution in [2.24, 2.45) is 7.05 Å². The first kappa shape index (κ1) is 15.9. The number of aromatic nitrogens is 2. The third kappa shape index (κ3) is 3.58. The van der Waals surface area contributed by atoms with Crippen LogP contribution in [0.15, 0.2) is 32.6 Å². The maximum atomic E-state index is 12.2. The monoisotopic (exact) mass is 327 g/mol. The number of hydrogen-bond donors (Lipinski definition) is 1. The van der Waals surface area contributed by atoms with Gasteiger partial charge in [-0.25, -0.2) is 17.8 Å². The summed E-state index contributed by atoms with van der Waals surface area (Å²) in [4.78, 5) is 11.3. The van der Waals surface area contributed by atoms with Crippen molar-refractivity contribution in [2.75, 3.05) is 0 Å². The minimum absolute atomic E-state index is 0.115. The maximum absolute atomic E-state index is 12.2. The van der Waals surface area contributed by atoms with E-state index >= 15 is 0 Å². The Morgan fingerprint density at radius 1 is 1.43 bits per heavy atom. The average molecular weight is 327 g/mol. The first-order valence-corrected chi connectivity index (χ1v) is 8.85. The van der Waals surface area contributed by atoms with Crippen LogP contribution in [-0.2, 0) is 17.1 Å². The van der Waals surface area contributed by atoms with Gasteiger partial charge < -0.3 is 0 Å². The zero-order chi connectivity index (χ0) is 15.6. The van der Waals surface area contributed by atoms with Gasteiger partial charge in [-0.1, -0.05) is 6.92 Å². The minimum atomic E-state index is -3.50. The van der Waals surface area contributed by atoms with E-state index in [9.17, 15) is 13.2 Å². The lowest BCUT2D eigenvalue weighted by atomic mass is 10.2. The first-order chi connectivity index (χ1) is 9.83. The molecule has 0 amide bonds. The molecule has 2 aromatic rings. The second-order valence-electron chi connectivity index (χ2n) is 4.77. The lowest BCUT2D eigenvalue weighted by molar-refractivity contribution is 0.558. The average Bonchev–Trinajstić information content (AvgIpc) is 2.92. The quantitative estimate of drug-likeness (QED) is 0.904. The number of thiophene rings is 1. The fraction of sp³-hybridized carbons (Fsp3) is 0.385. The summed E-state index contributed by atoms with van der Waals surface area (Å²) in [6.07, 6.45) is 0.722. The highest BCUT2D eigenvalue weighted by atomic mass is 32.2. The van der Waals surface area contributed by atoms with Gasteiger partial charge in [-0.15, -0.1) is 11.3 Å². The highest BCUT2D eigenvalue weighted by Gasteiger charge is 2.19. The standard InChI is InChI=1S/C13H17N3O3S2/c1-4-9(2)15-21(18,19)13-7-10(8-20-13)11-5-6-12(17)16(3)14-11/h5-9,15H,4H2,1-3H3/t9-/m0/s1. The van der Waals surface area contributed by atoms with Crippen LogP contribution in [0.5, 0.6) is 0 Å². The van der Waals surface area contributed by atoms with Gasteiger partial charge in [0.1, 0.15) is 4.21 Å². The van der Waals surface area contributed by atoms with Crippen molar-refractivity contribution in [3.8, 4) is 11.3 Å². The predicted octanol–water partition coefficient (Wildman–Crippen LogP) is 1.59. The zero-order valence-electron chi connectivity index (χ0n) is 12.0. The van der Waals surface area contributed by atoms with Crippen LogP contribution in [0.25, 0.3) is 11.3 Å². The molecule has 0 spiro atoms. The molecular weight excluding hydrogens is 310 g/mol. The summed E-state index contributed by atoms with van der Waals surface area (Å²) < 4.78 is 28.5. The van der Waals surface area contributed by atoms with Crippen LogP contribution in [0.3, 0.4) is 0 Å². The largest absolute Gasteiger partial charge is 0.268 e. The molecule has 114 valence electrons. The van der Waals surface area contributed by atoms with E-state index in [1.54, 1.807) is 24.6 Å². The van der Waals surface area contributed by atoms with Gasteiger partial charge >= 0.3 is 0 Å². The summed E-state index contributed by atoms with van der Waals surface area (Å²) in [5.74, 6) is 0. The van der Waals surface area contributed by atoms with Crippen LogP contribution in [0.1, 0.15) is 20.3 Å². The van der Waals surface area contributed by atoms with E-state index in [0.717, 1.165) is 17.8 Å². The van der Waals surface area contributed by atoms with Gasteiger partial charge in [0.05, 0.1) is 5.69 Å². The van der Waals surface area contributed by atoms with Crippen LogP contribution >= 0.6 is 11.3 Å². The van der Waals surface area contributed by atoms with Crippen molar-refractivity contribution in [1.29, 1.82) is 0 Å². The molecule has 1 N–H and O–H groups in total. The van der Waals surface area contributed by atoms with Crippen LogP contribution in [0, 0.1) is 0 Å². The Hall–Kier alpha value is -1.51. The highest BCUT2D eigenvalue weighted by Crippen LogP contribution is 2.26. The van der Waals surface area contributed by atoms with Gasteiger partial charge in [-0.2, -0.15) is 5.10 Å². The summed E-state index contributed by atoms with van der Waals surface area (Å²) in [5.41, 5.74) is 1.04. The Balaban J connectivity index is 2.33. The van der Waals surface area contributed by atoms with Crippen molar-refractivity contribution in [3.63, 3.8) is 0 Å². The molecule has 0 fully saturated rings. The summed E-state index contributed by atoms with van der Waals surface area (Å²) in [6, 6.07) is 4.45. The molecule has 1 atom stereocenters. The molecule has 0 bridgehead atoms. The molecule has 2 aromatic heterocycles. The molecule has 8 heteroatoms. The first-order valence-electron chi connectivity index (χ1n) is 6.49. The van der Waals surface area contributed by atoms with Gasteiger partial charge in [-0.05, 0) is 25.5 Å². The fourth-order valence-electron chi connectivity index (χ4n) is 1.65. The van der Waals surface area contributed by atoms with Crippen molar-refractivity contribution < 1.29 is 8.42 Å². The van der Waals surface area contributed by atoms with Gasteiger partial charge in [0.25, 0.3) is 5.56 Å². The zero-order valence-corrected chi connectivity index (χ0v) is 13.7. The second kappa shape index (κ2) is 6.08. The molecule has 0 aromatic carbocycles. The normalized spacial score (nSPS) is 13.3. The van der Waals surface area contributed by atoms with Crippen LogP contribution < -0.4 is 10.3 Å². The third-order valence-corrected chi connectivity index (χ3v) is 6.09. The fourth-order valence-corrected chi connectivity index (χ4v) is 4.17. The molecule has 2 heterocycles. The van der Waals surface area contributed by atoms with Crippen molar-refractivity contribution in [1.82, 2.24) is 14.5 Å². The second-order valence-corrected chi connectivity index (χ2v) is 7.62. The Morgan fingerprint density at radius 2 is 2.14 bits per heavy atom. The van der Waals surface area contributed by atoms with Gasteiger partial charge in [0.15, 0.2) is 0 Å². The van der Waals surface area contributed by atoms with Crippen molar-refractivity contribution in [3.05, 3.63) is 33.9 Å². The molecule has 0 saturated heterocycles. The van der Waals surface area contributed by atoms with E-state index < -0.39 is 10.0 Å². The number of nitrogens with one attached hydrogen (secondary N) is 1. The number of aryl methyl sites for hydroxylation is 1. The van der Waals surface area contributed by atoms with E-state index in [4.69, 9.17) is 0 Å². The molecule has 0 unspecified atom stereocenters. The van der Waals surface area contributed by atoms with E-state index in [1.165, 1.54) is 10.7 Å². The van der Waals surface area contributed by atoms with E-state index in [2.05, 4.69) is 9.82 Å². The molecule has 0 aliphatic carbocycles. The predicted molar refractivity (Wildman–Crippen MR) is 82.9 cm³/mol. The third-order valence-electron chi connectivity index (χ3n) is 3.07. The summed E-state index contributed by atoms with van der Waals surface area (Å²) in [5, 5.41) is 5.83. The Labute approximate surface area is 127 Å². The molecule has 2 rings (SSSR count). The molecule has 0 radical (unpaired) electrons. The molecule has 6 nitrogen and oxygen atoms in total. The lowest BCUT2D eigenvalue weighted by Crippen LogP contribution is -2.31. The van der Waals surface area contributed by atoms with Crippen LogP contribution in [-0.4, -0.2) is 24.2 Å². The van der Waals surface area contributed by atoms with Gasteiger partial charge in [-0.3, -0.25) is 4.79 Å². The van der Waals surface area contributed by atoms with Crippen molar-refractivity contribution in [2.45, 2.75) is 30.5 Å². The number of hydrogen-bond acceptors (Lipinski definition) is 5. The minimum Gasteiger partial charge on any atom is -0.268 e. The Bertz CT molecular complexity index is 793. The maximum Gasteiger partial charge on any atom is 0.266 e. The topological polar surface area (TPSA) is 81.1 Å². The summed E-state index contributed by atoms with van der Waals surface area (Å²) in [7, 11) is -1.95. The lowest BCUT2D eigenvalue weighted by Gasteiger charge is -2.10. The van der Waals surface area contributed by atoms with E-state index in [-0.39, 0.29) is 15.8 Å². The highest BCUT2D eigenvalue weighted by molar-refractivity contribution is 7.91. The smallest absolute Gasteiger partial charge is 0.266 e. The van der Waals surface area contributed by atoms with Gasteiger partial charge in [0.2, 0.25) is 10.0 Å². The molecule has 0 saturated carbocycles. The number of sulfonamides is 1. The molecular formula is C13H17N3O3S2. The molecule has 0 aliphatic rings. The van der Waals surface area contributed by atoms with Crippen LogP contribution in [0.2, 0.25) is 0 Å². The number of rotatable bonds is 5. The summed E-state index contributed by atoms with van der Waals surface area (Å²) in [6.45, 7) is 3.74.